The molecule has 0 radical (unpaired) electrons. The van der Waals surface area contributed by atoms with Gasteiger partial charge in [-0.15, -0.1) is 0 Å². The van der Waals surface area contributed by atoms with E-state index in [9.17, 15) is 14.4 Å². The van der Waals surface area contributed by atoms with E-state index < -0.39 is 34.0 Å². The molecule has 178 valence electrons. The quantitative estimate of drug-likeness (QED) is 0.469. The fraction of sp³-hybridized carbons (Fsp3) is 0.348. The Kier molecular flexibility index (Phi) is 6.15. The summed E-state index contributed by atoms with van der Waals surface area (Å²) in [5, 5.41) is 0.484. The highest BCUT2D eigenvalue weighted by molar-refractivity contribution is 8.15. The zero-order valence-electron chi connectivity index (χ0n) is 18.6. The number of thioether (sulfide) groups is 1. The van der Waals surface area contributed by atoms with E-state index in [4.69, 9.17) is 26.8 Å². The smallest absolute Gasteiger partial charge is 0.340 e. The minimum Gasteiger partial charge on any atom is -0.468 e. The number of hydrogen-bond acceptors (Lipinski definition) is 9. The summed E-state index contributed by atoms with van der Waals surface area (Å²) in [6.45, 7) is 1.65. The van der Waals surface area contributed by atoms with Crippen molar-refractivity contribution in [2.75, 3.05) is 14.2 Å². The molecular formula is C23H21ClFN3O5S. The maximum absolute atomic E-state index is 15.7. The summed E-state index contributed by atoms with van der Waals surface area (Å²) in [6.07, 6.45) is 1.56. The van der Waals surface area contributed by atoms with E-state index in [0.717, 1.165) is 18.9 Å². The Hall–Kier alpha value is -2.98. The summed E-state index contributed by atoms with van der Waals surface area (Å²) < 4.78 is 24.4. The van der Waals surface area contributed by atoms with Gasteiger partial charge in [0.15, 0.2) is 11.0 Å². The number of rotatable bonds is 6. The highest BCUT2D eigenvalue weighted by atomic mass is 35.5. The third-order valence-corrected chi connectivity index (χ3v) is 7.72. The lowest BCUT2D eigenvalue weighted by Crippen LogP contribution is -2.40. The first-order valence-corrected chi connectivity index (χ1v) is 11.4. The van der Waals surface area contributed by atoms with Crippen molar-refractivity contribution in [1.82, 2.24) is 4.98 Å². The molecule has 34 heavy (non-hydrogen) atoms. The summed E-state index contributed by atoms with van der Waals surface area (Å²) in [4.78, 5) is 46.2. The maximum Gasteiger partial charge on any atom is 0.340 e. The Labute approximate surface area is 204 Å². The van der Waals surface area contributed by atoms with Crippen LogP contribution in [0.2, 0.25) is 5.02 Å². The van der Waals surface area contributed by atoms with Crippen LogP contribution in [0.5, 0.6) is 0 Å². The van der Waals surface area contributed by atoms with Gasteiger partial charge in [-0.1, -0.05) is 23.4 Å². The zero-order chi connectivity index (χ0) is 24.8. The number of methoxy groups -OCH3 is 2. The molecule has 0 unspecified atom stereocenters. The van der Waals surface area contributed by atoms with E-state index in [1.54, 1.807) is 6.92 Å². The number of halogens is 2. The number of benzene rings is 1. The third kappa shape index (κ3) is 3.94. The summed E-state index contributed by atoms with van der Waals surface area (Å²) >= 11 is 6.93. The van der Waals surface area contributed by atoms with E-state index in [-0.39, 0.29) is 34.2 Å². The van der Waals surface area contributed by atoms with E-state index in [1.807, 2.05) is 0 Å². The van der Waals surface area contributed by atoms with Crippen LogP contribution in [0.1, 0.15) is 45.3 Å². The molecule has 0 bridgehead atoms. The van der Waals surface area contributed by atoms with Crippen LogP contribution in [-0.2, 0) is 26.2 Å². The largest absolute Gasteiger partial charge is 0.468 e. The minimum absolute atomic E-state index is 0.0429. The van der Waals surface area contributed by atoms with Gasteiger partial charge in [0.1, 0.15) is 16.3 Å². The summed E-state index contributed by atoms with van der Waals surface area (Å²) in [6, 6.07) is 5.76. The number of ketones is 1. The second kappa shape index (κ2) is 8.66. The van der Waals surface area contributed by atoms with Crippen molar-refractivity contribution in [1.29, 1.82) is 0 Å². The van der Waals surface area contributed by atoms with Gasteiger partial charge in [0.25, 0.3) is 0 Å². The molecule has 1 aliphatic carbocycles. The summed E-state index contributed by atoms with van der Waals surface area (Å²) in [5.74, 6) is -3.00. The average molecular weight is 506 g/mol. The molecule has 2 heterocycles. The number of hydrogen-bond donors (Lipinski definition) is 1. The molecule has 3 atom stereocenters. The van der Waals surface area contributed by atoms with E-state index >= 15 is 4.39 Å². The van der Waals surface area contributed by atoms with Crippen molar-refractivity contribution in [2.45, 2.75) is 30.1 Å². The normalized spacial score (nSPS) is 25.1. The number of esters is 2. The number of Topliss-reactive ketones (excluding diaryl/α,β-unsaturated/α-hetero) is 1. The lowest BCUT2D eigenvalue weighted by atomic mass is 9.83. The third-order valence-electron chi connectivity index (χ3n) is 6.21. The molecule has 1 aromatic heterocycles. The number of fused-ring (bicyclic) bond motifs is 1. The SMILES string of the molecule is COC(=O)c1cc(CC(=O)c2ccc(Cl)cn2)cc([C@@]2(C)N=C(N)S[C@@]3(C(=O)OC)C[C@H]32)c1F. The number of amidine groups is 1. The van der Waals surface area contributed by atoms with Gasteiger partial charge in [-0.25, -0.2) is 9.18 Å². The van der Waals surface area contributed by atoms with Crippen LogP contribution in [0, 0.1) is 11.7 Å². The Balaban J connectivity index is 1.80. The minimum atomic E-state index is -1.27. The predicted molar refractivity (Wildman–Crippen MR) is 124 cm³/mol. The highest BCUT2D eigenvalue weighted by Gasteiger charge is 2.71. The van der Waals surface area contributed by atoms with Crippen LogP contribution < -0.4 is 5.73 Å². The number of aliphatic imine (C=N–C) groups is 1. The van der Waals surface area contributed by atoms with E-state index in [1.165, 1.54) is 37.6 Å². The molecule has 2 aromatic rings. The maximum atomic E-state index is 15.7. The Morgan fingerprint density at radius 3 is 2.62 bits per heavy atom. The zero-order valence-corrected chi connectivity index (χ0v) is 20.1. The highest BCUT2D eigenvalue weighted by Crippen LogP contribution is 2.66. The molecule has 1 saturated carbocycles. The number of ether oxygens (including phenoxy) is 2. The molecule has 8 nitrogen and oxygen atoms in total. The molecule has 11 heteroatoms. The molecule has 4 rings (SSSR count). The van der Waals surface area contributed by atoms with Gasteiger partial charge in [0.05, 0.1) is 30.3 Å². The number of aromatic nitrogens is 1. The van der Waals surface area contributed by atoms with Crippen LogP contribution in [0.25, 0.3) is 0 Å². The Morgan fingerprint density at radius 1 is 1.26 bits per heavy atom. The second-order valence-corrected chi connectivity index (χ2v) is 10.1. The standard InChI is InChI=1S/C23H21ClFN3O5S/c1-22(17-9-23(17,20(31)33-3)34-21(26)28-22)14-7-11(6-13(18(14)25)19(30)32-2)8-16(29)15-5-4-12(24)10-27-15/h4-7,10,17H,8-9H2,1-3H3,(H2,26,28)/t17-,22+,23-/m0/s1. The van der Waals surface area contributed by atoms with Crippen molar-refractivity contribution in [3.8, 4) is 0 Å². The molecule has 0 amide bonds. The van der Waals surface area contributed by atoms with Crippen molar-refractivity contribution in [3.63, 3.8) is 0 Å². The molecule has 2 N–H and O–H groups in total. The van der Waals surface area contributed by atoms with Crippen LogP contribution >= 0.6 is 23.4 Å². The number of pyridine rings is 1. The topological polar surface area (TPSA) is 121 Å². The lowest BCUT2D eigenvalue weighted by Gasteiger charge is -2.33. The van der Waals surface area contributed by atoms with Crippen molar-refractivity contribution >= 4 is 46.3 Å². The van der Waals surface area contributed by atoms with Gasteiger partial charge in [-0.2, -0.15) is 0 Å². The van der Waals surface area contributed by atoms with E-state index in [2.05, 4.69) is 9.98 Å². The first-order chi connectivity index (χ1) is 16.1. The molecule has 1 aliphatic heterocycles. The molecule has 1 aromatic carbocycles. The fourth-order valence-electron chi connectivity index (χ4n) is 4.44. The van der Waals surface area contributed by atoms with Crippen LogP contribution in [0.15, 0.2) is 35.5 Å². The Morgan fingerprint density at radius 2 is 2.00 bits per heavy atom. The lowest BCUT2D eigenvalue weighted by molar-refractivity contribution is -0.141. The Bertz CT molecular complexity index is 1240. The van der Waals surface area contributed by atoms with Crippen molar-refractivity contribution in [3.05, 3.63) is 63.7 Å². The van der Waals surface area contributed by atoms with Crippen molar-refractivity contribution in [2.24, 2.45) is 16.6 Å². The number of carbonyl (C=O) groups is 3. The molecule has 0 saturated heterocycles. The van der Waals surface area contributed by atoms with Crippen LogP contribution in [0.4, 0.5) is 4.39 Å². The number of nitrogens with zero attached hydrogens (tertiary/aromatic N) is 2. The van der Waals surface area contributed by atoms with E-state index in [0.29, 0.717) is 17.0 Å². The first-order valence-electron chi connectivity index (χ1n) is 10.2. The van der Waals surface area contributed by atoms with Gasteiger partial charge in [0, 0.05) is 24.1 Å². The molecule has 2 aliphatic rings. The van der Waals surface area contributed by atoms with Crippen LogP contribution in [0.3, 0.4) is 0 Å². The van der Waals surface area contributed by atoms with Crippen LogP contribution in [-0.4, -0.2) is 46.8 Å². The monoisotopic (exact) mass is 505 g/mol. The fourth-order valence-corrected chi connectivity index (χ4v) is 5.95. The molecular weight excluding hydrogens is 485 g/mol. The van der Waals surface area contributed by atoms with Gasteiger partial charge in [-0.3, -0.25) is 19.6 Å². The number of carbonyl (C=O) groups excluding carboxylic acids is 3. The second-order valence-electron chi connectivity index (χ2n) is 8.30. The molecule has 1 fully saturated rings. The predicted octanol–water partition coefficient (Wildman–Crippen LogP) is 3.29. The summed E-state index contributed by atoms with van der Waals surface area (Å²) in [5.41, 5.74) is 5.00. The van der Waals surface area contributed by atoms with Gasteiger partial charge >= 0.3 is 11.9 Å². The van der Waals surface area contributed by atoms with Gasteiger partial charge < -0.3 is 15.2 Å². The van der Waals surface area contributed by atoms with Crippen molar-refractivity contribution < 1.29 is 28.2 Å². The number of nitrogens with two attached hydrogens (primary N) is 1. The summed E-state index contributed by atoms with van der Waals surface area (Å²) in [7, 11) is 2.41. The first kappa shape index (κ1) is 24.2. The molecule has 0 spiro atoms. The average Bonchev–Trinajstić information content (AvgIpc) is 3.56. The van der Waals surface area contributed by atoms with Gasteiger partial charge in [0.2, 0.25) is 0 Å². The van der Waals surface area contributed by atoms with Gasteiger partial charge in [-0.05, 0) is 43.2 Å².